The highest BCUT2D eigenvalue weighted by molar-refractivity contribution is 5.27. The number of hydrogen-bond donors (Lipinski definition) is 1. The van der Waals surface area contributed by atoms with Crippen molar-refractivity contribution in [1.82, 2.24) is 29.7 Å². The predicted octanol–water partition coefficient (Wildman–Crippen LogP) is 0.617. The highest BCUT2D eigenvalue weighted by atomic mass is 15.4. The Hall–Kier alpha value is -2.05. The summed E-state index contributed by atoms with van der Waals surface area (Å²) in [4.78, 5) is 16.7. The van der Waals surface area contributed by atoms with Crippen molar-refractivity contribution in [2.75, 3.05) is 12.4 Å². The zero-order valence-electron chi connectivity index (χ0n) is 9.42. The Balaban J connectivity index is 2.49. The minimum atomic E-state index is 0.234. The zero-order chi connectivity index (χ0) is 11.5. The van der Waals surface area contributed by atoms with E-state index in [0.29, 0.717) is 11.9 Å². The van der Waals surface area contributed by atoms with E-state index >= 15 is 0 Å². The molecule has 0 aliphatic carbocycles. The molecule has 0 aliphatic heterocycles. The zero-order valence-corrected chi connectivity index (χ0v) is 9.42. The van der Waals surface area contributed by atoms with E-state index in [-0.39, 0.29) is 5.92 Å². The highest BCUT2D eigenvalue weighted by Gasteiger charge is 2.10. The summed E-state index contributed by atoms with van der Waals surface area (Å²) >= 11 is 0. The Bertz CT molecular complexity index is 463. The molecule has 0 radical (unpaired) electrons. The van der Waals surface area contributed by atoms with Crippen molar-refractivity contribution in [3.05, 3.63) is 18.5 Å². The monoisotopic (exact) mass is 219 g/mol. The second kappa shape index (κ2) is 4.21. The summed E-state index contributed by atoms with van der Waals surface area (Å²) in [6, 6.07) is 0. The van der Waals surface area contributed by atoms with Crippen LogP contribution >= 0.6 is 0 Å². The standard InChI is InChI=1S/C9H13N7/c1-6(2)7-13-8(10-3)15-9(14-7)16-5-11-4-12-16/h4-6H,1-3H3,(H,10,13,14,15). The van der Waals surface area contributed by atoms with E-state index in [2.05, 4.69) is 30.4 Å². The molecule has 0 saturated heterocycles. The van der Waals surface area contributed by atoms with Crippen LogP contribution in [-0.2, 0) is 0 Å². The van der Waals surface area contributed by atoms with Gasteiger partial charge in [-0.1, -0.05) is 13.8 Å². The molecule has 0 amide bonds. The first-order valence-corrected chi connectivity index (χ1v) is 4.99. The normalized spacial score (nSPS) is 10.8. The summed E-state index contributed by atoms with van der Waals surface area (Å²) in [7, 11) is 1.77. The van der Waals surface area contributed by atoms with E-state index in [1.807, 2.05) is 13.8 Å². The Labute approximate surface area is 93.0 Å². The Morgan fingerprint density at radius 1 is 1.25 bits per heavy atom. The van der Waals surface area contributed by atoms with Crippen LogP contribution in [-0.4, -0.2) is 36.8 Å². The van der Waals surface area contributed by atoms with Gasteiger partial charge in [-0.25, -0.2) is 4.98 Å². The van der Waals surface area contributed by atoms with Crippen LogP contribution in [0.5, 0.6) is 0 Å². The summed E-state index contributed by atoms with van der Waals surface area (Å²) in [6.07, 6.45) is 3.00. The third-order valence-corrected chi connectivity index (χ3v) is 2.00. The largest absolute Gasteiger partial charge is 0.357 e. The lowest BCUT2D eigenvalue weighted by Crippen LogP contribution is -2.10. The van der Waals surface area contributed by atoms with Crippen molar-refractivity contribution in [2.24, 2.45) is 0 Å². The fourth-order valence-corrected chi connectivity index (χ4v) is 1.16. The van der Waals surface area contributed by atoms with Gasteiger partial charge in [-0.05, 0) is 0 Å². The van der Waals surface area contributed by atoms with E-state index in [9.17, 15) is 0 Å². The molecule has 0 fully saturated rings. The van der Waals surface area contributed by atoms with Crippen molar-refractivity contribution in [1.29, 1.82) is 0 Å². The number of hydrogen-bond acceptors (Lipinski definition) is 6. The molecule has 1 N–H and O–H groups in total. The maximum atomic E-state index is 4.32. The van der Waals surface area contributed by atoms with Crippen LogP contribution < -0.4 is 5.32 Å². The van der Waals surface area contributed by atoms with Gasteiger partial charge >= 0.3 is 0 Å². The molecular formula is C9H13N7. The summed E-state index contributed by atoms with van der Waals surface area (Å²) in [5, 5.41) is 6.89. The Morgan fingerprint density at radius 2 is 2.06 bits per heavy atom. The van der Waals surface area contributed by atoms with Gasteiger partial charge in [0.1, 0.15) is 18.5 Å². The lowest BCUT2D eigenvalue weighted by molar-refractivity contribution is 0.720. The quantitative estimate of drug-likeness (QED) is 0.814. The fourth-order valence-electron chi connectivity index (χ4n) is 1.16. The van der Waals surface area contributed by atoms with Crippen LogP contribution in [0.25, 0.3) is 5.95 Å². The van der Waals surface area contributed by atoms with E-state index in [1.54, 1.807) is 13.4 Å². The van der Waals surface area contributed by atoms with Gasteiger partial charge in [0.15, 0.2) is 0 Å². The van der Waals surface area contributed by atoms with Crippen LogP contribution in [0.4, 0.5) is 5.95 Å². The van der Waals surface area contributed by atoms with Crippen molar-refractivity contribution in [2.45, 2.75) is 19.8 Å². The molecule has 7 nitrogen and oxygen atoms in total. The summed E-state index contributed by atoms with van der Waals surface area (Å²) in [5.74, 6) is 1.96. The molecule has 0 saturated carbocycles. The van der Waals surface area contributed by atoms with Crippen LogP contribution in [0.3, 0.4) is 0 Å². The van der Waals surface area contributed by atoms with Gasteiger partial charge in [0.2, 0.25) is 5.95 Å². The van der Waals surface area contributed by atoms with Gasteiger partial charge in [-0.2, -0.15) is 24.7 Å². The van der Waals surface area contributed by atoms with Crippen LogP contribution in [0, 0.1) is 0 Å². The molecule has 2 rings (SSSR count). The molecule has 0 bridgehead atoms. The molecule has 2 aromatic heterocycles. The number of rotatable bonds is 3. The van der Waals surface area contributed by atoms with Gasteiger partial charge in [0.05, 0.1) is 0 Å². The lowest BCUT2D eigenvalue weighted by Gasteiger charge is -2.07. The first kappa shape index (κ1) is 10.5. The third-order valence-electron chi connectivity index (χ3n) is 2.00. The maximum Gasteiger partial charge on any atom is 0.257 e. The molecule has 2 heterocycles. The summed E-state index contributed by atoms with van der Waals surface area (Å²) in [5.41, 5.74) is 0. The Morgan fingerprint density at radius 3 is 2.62 bits per heavy atom. The molecule has 0 aromatic carbocycles. The molecule has 0 unspecified atom stereocenters. The number of nitrogens with one attached hydrogen (secondary N) is 1. The van der Waals surface area contributed by atoms with E-state index in [0.717, 1.165) is 5.82 Å². The van der Waals surface area contributed by atoms with Crippen molar-refractivity contribution >= 4 is 5.95 Å². The molecule has 84 valence electrons. The molecule has 0 aliphatic rings. The molecule has 2 aromatic rings. The first-order valence-electron chi connectivity index (χ1n) is 4.99. The average molecular weight is 219 g/mol. The van der Waals surface area contributed by atoms with Gasteiger partial charge in [-0.3, -0.25) is 0 Å². The lowest BCUT2D eigenvalue weighted by atomic mass is 10.2. The molecule has 0 spiro atoms. The van der Waals surface area contributed by atoms with Crippen LogP contribution in [0.2, 0.25) is 0 Å². The maximum absolute atomic E-state index is 4.32. The smallest absolute Gasteiger partial charge is 0.257 e. The van der Waals surface area contributed by atoms with Gasteiger partial charge in [0.25, 0.3) is 5.95 Å². The van der Waals surface area contributed by atoms with Gasteiger partial charge in [0, 0.05) is 13.0 Å². The molecule has 7 heteroatoms. The third kappa shape index (κ3) is 1.97. The summed E-state index contributed by atoms with van der Waals surface area (Å²) in [6.45, 7) is 4.06. The molecule has 16 heavy (non-hydrogen) atoms. The molecular weight excluding hydrogens is 206 g/mol. The van der Waals surface area contributed by atoms with E-state index in [4.69, 9.17) is 0 Å². The van der Waals surface area contributed by atoms with Gasteiger partial charge in [-0.15, -0.1) is 0 Å². The number of aromatic nitrogens is 6. The predicted molar refractivity (Wildman–Crippen MR) is 58.4 cm³/mol. The summed E-state index contributed by atoms with van der Waals surface area (Å²) < 4.78 is 1.51. The van der Waals surface area contributed by atoms with Crippen molar-refractivity contribution in [3.8, 4) is 5.95 Å². The Kier molecular flexibility index (Phi) is 2.76. The van der Waals surface area contributed by atoms with Gasteiger partial charge < -0.3 is 5.32 Å². The first-order chi connectivity index (χ1) is 7.70. The second-order valence-electron chi connectivity index (χ2n) is 3.56. The number of anilines is 1. The SMILES string of the molecule is CNc1nc(C(C)C)nc(-n2cncn2)n1. The topological polar surface area (TPSA) is 81.4 Å². The van der Waals surface area contributed by atoms with Crippen LogP contribution in [0.1, 0.15) is 25.6 Å². The van der Waals surface area contributed by atoms with Crippen molar-refractivity contribution < 1.29 is 0 Å². The minimum Gasteiger partial charge on any atom is -0.357 e. The molecule has 0 atom stereocenters. The minimum absolute atomic E-state index is 0.234. The van der Waals surface area contributed by atoms with Crippen LogP contribution in [0.15, 0.2) is 12.7 Å². The second-order valence-corrected chi connectivity index (χ2v) is 3.56. The average Bonchev–Trinajstić information content (AvgIpc) is 2.81. The number of nitrogens with zero attached hydrogens (tertiary/aromatic N) is 6. The fraction of sp³-hybridized carbons (Fsp3) is 0.444. The van der Waals surface area contributed by atoms with E-state index in [1.165, 1.54) is 11.0 Å². The van der Waals surface area contributed by atoms with E-state index < -0.39 is 0 Å². The van der Waals surface area contributed by atoms with Crippen molar-refractivity contribution in [3.63, 3.8) is 0 Å². The highest BCUT2D eigenvalue weighted by Crippen LogP contribution is 2.12.